The minimum atomic E-state index is 0.175. The molecule has 0 heterocycles. The maximum absolute atomic E-state index is 8.87. The topological polar surface area (TPSA) is 29.5 Å². The van der Waals surface area contributed by atoms with E-state index >= 15 is 0 Å². The Morgan fingerprint density at radius 2 is 1.94 bits per heavy atom. The van der Waals surface area contributed by atoms with E-state index in [0.717, 1.165) is 12.2 Å². The van der Waals surface area contributed by atoms with Crippen molar-refractivity contribution in [1.29, 1.82) is 0 Å². The van der Waals surface area contributed by atoms with Crippen LogP contribution in [0, 0.1) is 5.92 Å². The molecule has 0 spiro atoms. The molecule has 1 unspecified atom stereocenters. The molecule has 0 aromatic heterocycles. The highest BCUT2D eigenvalue weighted by Crippen LogP contribution is 2.14. The third-order valence-electron chi connectivity index (χ3n) is 2.59. The molecular formula is C14H22O2. The van der Waals surface area contributed by atoms with E-state index in [1.165, 1.54) is 18.4 Å². The van der Waals surface area contributed by atoms with E-state index in [0.29, 0.717) is 6.61 Å². The molecule has 1 aromatic carbocycles. The number of aryl methyl sites for hydroxylation is 1. The lowest BCUT2D eigenvalue weighted by Gasteiger charge is -2.10. The fraction of sp³-hybridized carbons (Fsp3) is 0.571. The van der Waals surface area contributed by atoms with E-state index in [-0.39, 0.29) is 12.5 Å². The zero-order chi connectivity index (χ0) is 11.8. The predicted molar refractivity (Wildman–Crippen MR) is 66.8 cm³/mol. The summed E-state index contributed by atoms with van der Waals surface area (Å²) in [7, 11) is 0. The fourth-order valence-corrected chi connectivity index (χ4v) is 1.42. The number of aliphatic hydroxyl groups excluding tert-OH is 1. The van der Waals surface area contributed by atoms with Crippen molar-refractivity contribution >= 4 is 0 Å². The van der Waals surface area contributed by atoms with E-state index in [1.54, 1.807) is 0 Å². The van der Waals surface area contributed by atoms with Gasteiger partial charge >= 0.3 is 0 Å². The maximum Gasteiger partial charge on any atom is 0.119 e. The molecule has 0 aliphatic carbocycles. The predicted octanol–water partition coefficient (Wildman–Crippen LogP) is 3.04. The van der Waals surface area contributed by atoms with Gasteiger partial charge in [0, 0.05) is 12.5 Å². The molecular weight excluding hydrogens is 200 g/mol. The molecule has 1 aromatic rings. The molecule has 2 heteroatoms. The van der Waals surface area contributed by atoms with Crippen molar-refractivity contribution < 1.29 is 9.84 Å². The average Bonchev–Trinajstić information content (AvgIpc) is 2.34. The number of hydrogen-bond donors (Lipinski definition) is 1. The van der Waals surface area contributed by atoms with Crippen molar-refractivity contribution in [3.05, 3.63) is 29.8 Å². The molecule has 0 bridgehead atoms. The normalized spacial score (nSPS) is 12.4. The maximum atomic E-state index is 8.87. The summed E-state index contributed by atoms with van der Waals surface area (Å²) in [6, 6.07) is 8.26. The lowest BCUT2D eigenvalue weighted by molar-refractivity contribution is 0.174. The second-order valence-electron chi connectivity index (χ2n) is 4.35. The van der Waals surface area contributed by atoms with Gasteiger partial charge < -0.3 is 9.84 Å². The van der Waals surface area contributed by atoms with E-state index in [2.05, 4.69) is 19.1 Å². The molecule has 0 aliphatic heterocycles. The van der Waals surface area contributed by atoms with Crippen molar-refractivity contribution in [2.24, 2.45) is 5.92 Å². The molecule has 90 valence electrons. The molecule has 1 rings (SSSR count). The quantitative estimate of drug-likeness (QED) is 0.768. The first-order chi connectivity index (χ1) is 7.76. The van der Waals surface area contributed by atoms with Crippen molar-refractivity contribution in [3.63, 3.8) is 0 Å². The van der Waals surface area contributed by atoms with E-state index in [9.17, 15) is 0 Å². The Bertz CT molecular complexity index is 279. The van der Waals surface area contributed by atoms with E-state index < -0.39 is 0 Å². The Balaban J connectivity index is 2.38. The van der Waals surface area contributed by atoms with Crippen LogP contribution in [0.15, 0.2) is 24.3 Å². The summed E-state index contributed by atoms with van der Waals surface area (Å²) in [4.78, 5) is 0. The molecule has 2 nitrogen and oxygen atoms in total. The third-order valence-corrected chi connectivity index (χ3v) is 2.59. The Morgan fingerprint density at radius 1 is 1.25 bits per heavy atom. The van der Waals surface area contributed by atoms with Crippen molar-refractivity contribution in [2.45, 2.75) is 33.1 Å². The molecule has 0 radical (unpaired) electrons. The summed E-state index contributed by atoms with van der Waals surface area (Å²) in [6.45, 7) is 4.92. The van der Waals surface area contributed by atoms with Crippen LogP contribution in [-0.2, 0) is 6.42 Å². The van der Waals surface area contributed by atoms with Gasteiger partial charge in [-0.25, -0.2) is 0 Å². The molecule has 0 saturated heterocycles. The van der Waals surface area contributed by atoms with Crippen LogP contribution in [-0.4, -0.2) is 18.3 Å². The second kappa shape index (κ2) is 7.29. The Morgan fingerprint density at radius 3 is 2.50 bits per heavy atom. The minimum Gasteiger partial charge on any atom is -0.493 e. The van der Waals surface area contributed by atoms with Gasteiger partial charge in [0.05, 0.1) is 6.61 Å². The number of unbranched alkanes of at least 4 members (excludes halogenated alkanes) is 1. The summed E-state index contributed by atoms with van der Waals surface area (Å²) < 4.78 is 5.56. The SMILES string of the molecule is CCCCc1ccc(OCC(C)CO)cc1. The standard InChI is InChI=1S/C14H22O2/c1-3-4-5-13-6-8-14(9-7-13)16-11-12(2)10-15/h6-9,12,15H,3-5,10-11H2,1-2H3. The van der Waals surface area contributed by atoms with E-state index in [1.807, 2.05) is 19.1 Å². The highest BCUT2D eigenvalue weighted by atomic mass is 16.5. The lowest BCUT2D eigenvalue weighted by atomic mass is 10.1. The first kappa shape index (κ1) is 13.0. The van der Waals surface area contributed by atoms with Crippen molar-refractivity contribution in [3.8, 4) is 5.75 Å². The van der Waals surface area contributed by atoms with Crippen LogP contribution in [0.25, 0.3) is 0 Å². The van der Waals surface area contributed by atoms with Crippen molar-refractivity contribution in [2.75, 3.05) is 13.2 Å². The van der Waals surface area contributed by atoms with Gasteiger partial charge in [-0.15, -0.1) is 0 Å². The van der Waals surface area contributed by atoms with Crippen LogP contribution >= 0.6 is 0 Å². The molecule has 16 heavy (non-hydrogen) atoms. The van der Waals surface area contributed by atoms with Crippen LogP contribution in [0.4, 0.5) is 0 Å². The highest BCUT2D eigenvalue weighted by molar-refractivity contribution is 5.27. The first-order valence-electron chi connectivity index (χ1n) is 6.08. The van der Waals surface area contributed by atoms with E-state index in [4.69, 9.17) is 9.84 Å². The van der Waals surface area contributed by atoms with Crippen molar-refractivity contribution in [1.82, 2.24) is 0 Å². The van der Waals surface area contributed by atoms with Gasteiger partial charge in [0.1, 0.15) is 5.75 Å². The molecule has 0 saturated carbocycles. The van der Waals surface area contributed by atoms with Crippen LogP contribution in [0.5, 0.6) is 5.75 Å². The van der Waals surface area contributed by atoms with Gasteiger partial charge in [-0.05, 0) is 30.5 Å². The smallest absolute Gasteiger partial charge is 0.119 e. The molecule has 1 atom stereocenters. The summed E-state index contributed by atoms with van der Waals surface area (Å²) in [5.74, 6) is 1.08. The molecule has 1 N–H and O–H groups in total. The number of hydrogen-bond acceptors (Lipinski definition) is 2. The van der Waals surface area contributed by atoms with Gasteiger partial charge in [0.2, 0.25) is 0 Å². The van der Waals surface area contributed by atoms with Crippen LogP contribution in [0.1, 0.15) is 32.3 Å². The number of benzene rings is 1. The largest absolute Gasteiger partial charge is 0.493 e. The summed E-state index contributed by atoms with van der Waals surface area (Å²) in [6.07, 6.45) is 3.61. The average molecular weight is 222 g/mol. The Labute approximate surface area is 98.3 Å². The lowest BCUT2D eigenvalue weighted by Crippen LogP contribution is -2.12. The van der Waals surface area contributed by atoms with Gasteiger partial charge in [-0.1, -0.05) is 32.4 Å². The van der Waals surface area contributed by atoms with Gasteiger partial charge in [-0.2, -0.15) is 0 Å². The molecule has 0 fully saturated rings. The first-order valence-corrected chi connectivity index (χ1v) is 6.08. The second-order valence-corrected chi connectivity index (χ2v) is 4.35. The van der Waals surface area contributed by atoms with Gasteiger partial charge in [0.15, 0.2) is 0 Å². The summed E-state index contributed by atoms with van der Waals surface area (Å²) in [5.41, 5.74) is 1.37. The molecule has 0 aliphatic rings. The molecule has 0 amide bonds. The number of aliphatic hydroxyl groups is 1. The van der Waals surface area contributed by atoms with Crippen LogP contribution < -0.4 is 4.74 Å². The highest BCUT2D eigenvalue weighted by Gasteiger charge is 2.01. The van der Waals surface area contributed by atoms with Crippen LogP contribution in [0.3, 0.4) is 0 Å². The van der Waals surface area contributed by atoms with Crippen LogP contribution in [0.2, 0.25) is 0 Å². The number of ether oxygens (including phenoxy) is 1. The number of rotatable bonds is 7. The minimum absolute atomic E-state index is 0.175. The Hall–Kier alpha value is -1.02. The monoisotopic (exact) mass is 222 g/mol. The third kappa shape index (κ3) is 4.67. The van der Waals surface area contributed by atoms with Gasteiger partial charge in [-0.3, -0.25) is 0 Å². The fourth-order valence-electron chi connectivity index (χ4n) is 1.42. The Kier molecular flexibility index (Phi) is 5.94. The van der Waals surface area contributed by atoms with Gasteiger partial charge in [0.25, 0.3) is 0 Å². The zero-order valence-corrected chi connectivity index (χ0v) is 10.3. The summed E-state index contributed by atoms with van der Waals surface area (Å²) >= 11 is 0. The zero-order valence-electron chi connectivity index (χ0n) is 10.3. The summed E-state index contributed by atoms with van der Waals surface area (Å²) in [5, 5.41) is 8.87.